The summed E-state index contributed by atoms with van der Waals surface area (Å²) in [5.41, 5.74) is 8.77. The van der Waals surface area contributed by atoms with Gasteiger partial charge in [0.2, 0.25) is 0 Å². The highest BCUT2D eigenvalue weighted by molar-refractivity contribution is 6.30. The van der Waals surface area contributed by atoms with Crippen LogP contribution in [0.5, 0.6) is 0 Å². The number of fused-ring (bicyclic) bond motifs is 1. The largest absolute Gasteiger partial charge is 0.383 e. The Morgan fingerprint density at radius 2 is 1.90 bits per heavy atom. The molecule has 0 saturated heterocycles. The molecular formula is C15H18ClN5. The van der Waals surface area contributed by atoms with Gasteiger partial charge in [-0.25, -0.2) is 4.68 Å². The molecule has 0 amide bonds. The maximum Gasteiger partial charge on any atom is 0.182 e. The molecule has 1 aromatic carbocycles. The van der Waals surface area contributed by atoms with Crippen molar-refractivity contribution in [3.63, 3.8) is 0 Å². The average molecular weight is 304 g/mol. The Morgan fingerprint density at radius 3 is 2.52 bits per heavy atom. The van der Waals surface area contributed by atoms with E-state index >= 15 is 0 Å². The molecule has 5 nitrogen and oxygen atoms in total. The van der Waals surface area contributed by atoms with Gasteiger partial charge in [-0.3, -0.25) is 5.10 Å². The summed E-state index contributed by atoms with van der Waals surface area (Å²) in [7, 11) is 0. The van der Waals surface area contributed by atoms with Crippen molar-refractivity contribution in [3.8, 4) is 0 Å². The Balaban J connectivity index is 2.09. The fraction of sp³-hybridized carbons (Fsp3) is 0.333. The number of H-pyrrole nitrogens is 1. The molecule has 110 valence electrons. The smallest absolute Gasteiger partial charge is 0.182 e. The van der Waals surface area contributed by atoms with Crippen LogP contribution in [-0.4, -0.2) is 20.0 Å². The van der Waals surface area contributed by atoms with Crippen LogP contribution < -0.4 is 5.73 Å². The number of nitrogens with one attached hydrogen (secondary N) is 1. The SMILES string of the molecule is CC(C)(C)c1nn(Cc2ccc(Cl)cc2)c2n[nH]c(N)c12. The van der Waals surface area contributed by atoms with E-state index in [2.05, 4.69) is 31.0 Å². The maximum atomic E-state index is 6.01. The summed E-state index contributed by atoms with van der Waals surface area (Å²) in [5, 5.41) is 13.5. The molecule has 3 aromatic rings. The lowest BCUT2D eigenvalue weighted by molar-refractivity contribution is 0.549. The van der Waals surface area contributed by atoms with E-state index < -0.39 is 0 Å². The van der Waals surface area contributed by atoms with Crippen LogP contribution in [0.15, 0.2) is 24.3 Å². The van der Waals surface area contributed by atoms with E-state index in [1.807, 2.05) is 28.9 Å². The number of aromatic nitrogens is 4. The summed E-state index contributed by atoms with van der Waals surface area (Å²) in [4.78, 5) is 0. The third-order valence-corrected chi connectivity index (χ3v) is 3.69. The van der Waals surface area contributed by atoms with Crippen LogP contribution in [0.25, 0.3) is 11.0 Å². The van der Waals surface area contributed by atoms with Gasteiger partial charge in [-0.15, -0.1) is 0 Å². The van der Waals surface area contributed by atoms with Gasteiger partial charge in [0, 0.05) is 10.4 Å². The highest BCUT2D eigenvalue weighted by atomic mass is 35.5. The Labute approximate surface area is 128 Å². The lowest BCUT2D eigenvalue weighted by Gasteiger charge is -2.15. The molecule has 0 aliphatic rings. The van der Waals surface area contributed by atoms with Crippen molar-refractivity contribution < 1.29 is 0 Å². The number of nitrogen functional groups attached to an aromatic ring is 1. The summed E-state index contributed by atoms with van der Waals surface area (Å²) in [6.45, 7) is 6.99. The molecule has 3 N–H and O–H groups in total. The maximum absolute atomic E-state index is 6.01. The second-order valence-corrected chi connectivity index (χ2v) is 6.66. The zero-order valence-electron chi connectivity index (χ0n) is 12.3. The first-order valence-electron chi connectivity index (χ1n) is 6.81. The van der Waals surface area contributed by atoms with Gasteiger partial charge in [0.15, 0.2) is 5.65 Å². The first-order valence-corrected chi connectivity index (χ1v) is 7.19. The predicted octanol–water partition coefficient (Wildman–Crippen LogP) is 3.34. The molecule has 0 fully saturated rings. The van der Waals surface area contributed by atoms with E-state index in [4.69, 9.17) is 22.4 Å². The lowest BCUT2D eigenvalue weighted by Crippen LogP contribution is -2.14. The lowest BCUT2D eigenvalue weighted by atomic mass is 9.91. The van der Waals surface area contributed by atoms with E-state index in [9.17, 15) is 0 Å². The highest BCUT2D eigenvalue weighted by Gasteiger charge is 2.25. The van der Waals surface area contributed by atoms with Gasteiger partial charge in [-0.2, -0.15) is 10.2 Å². The second kappa shape index (κ2) is 4.77. The molecule has 6 heteroatoms. The first-order chi connectivity index (χ1) is 9.86. The van der Waals surface area contributed by atoms with E-state index in [0.717, 1.165) is 27.3 Å². The van der Waals surface area contributed by atoms with Crippen LogP contribution in [0.2, 0.25) is 5.02 Å². The molecule has 3 rings (SSSR count). The molecule has 0 saturated carbocycles. The molecule has 0 aliphatic carbocycles. The summed E-state index contributed by atoms with van der Waals surface area (Å²) in [6, 6.07) is 7.73. The Kier molecular flexibility index (Phi) is 3.17. The topological polar surface area (TPSA) is 72.5 Å². The number of benzene rings is 1. The summed E-state index contributed by atoms with van der Waals surface area (Å²) >= 11 is 5.92. The number of aromatic amines is 1. The zero-order chi connectivity index (χ0) is 15.2. The number of hydrogen-bond acceptors (Lipinski definition) is 3. The minimum atomic E-state index is -0.0957. The minimum absolute atomic E-state index is 0.0957. The van der Waals surface area contributed by atoms with Crippen molar-refractivity contribution in [2.45, 2.75) is 32.7 Å². The number of nitrogens with zero attached hydrogens (tertiary/aromatic N) is 3. The third kappa shape index (κ3) is 2.49. The normalized spacial score (nSPS) is 12.2. The van der Waals surface area contributed by atoms with Gasteiger partial charge in [-0.1, -0.05) is 44.5 Å². The van der Waals surface area contributed by atoms with E-state index in [-0.39, 0.29) is 5.41 Å². The van der Waals surface area contributed by atoms with Crippen molar-refractivity contribution in [2.75, 3.05) is 5.73 Å². The summed E-state index contributed by atoms with van der Waals surface area (Å²) < 4.78 is 1.88. The monoisotopic (exact) mass is 303 g/mol. The van der Waals surface area contributed by atoms with Crippen LogP contribution >= 0.6 is 11.6 Å². The fourth-order valence-corrected chi connectivity index (χ4v) is 2.51. The van der Waals surface area contributed by atoms with Crippen LogP contribution in [-0.2, 0) is 12.0 Å². The van der Waals surface area contributed by atoms with Crippen LogP contribution in [0.4, 0.5) is 5.82 Å². The fourth-order valence-electron chi connectivity index (χ4n) is 2.38. The van der Waals surface area contributed by atoms with Crippen molar-refractivity contribution in [1.29, 1.82) is 0 Å². The molecule has 2 aromatic heterocycles. The molecule has 0 aliphatic heterocycles. The summed E-state index contributed by atoms with van der Waals surface area (Å²) in [5.74, 6) is 0.567. The zero-order valence-corrected chi connectivity index (χ0v) is 13.1. The number of rotatable bonds is 2. The number of halogens is 1. The second-order valence-electron chi connectivity index (χ2n) is 6.22. The van der Waals surface area contributed by atoms with Gasteiger partial charge in [0.25, 0.3) is 0 Å². The van der Waals surface area contributed by atoms with Crippen molar-refractivity contribution >= 4 is 28.5 Å². The van der Waals surface area contributed by atoms with Gasteiger partial charge in [0.1, 0.15) is 5.82 Å². The Bertz CT molecular complexity index is 777. The van der Waals surface area contributed by atoms with Crippen molar-refractivity contribution in [3.05, 3.63) is 40.5 Å². The van der Waals surface area contributed by atoms with Crippen LogP contribution in [0, 0.1) is 0 Å². The van der Waals surface area contributed by atoms with Crippen molar-refractivity contribution in [2.24, 2.45) is 0 Å². The standard InChI is InChI=1S/C15H18ClN5/c1-15(2,3)12-11-13(17)18-19-14(11)21(20-12)8-9-4-6-10(16)7-5-9/h4-7H,8H2,1-3H3,(H3,17,18,19). The number of anilines is 1. The molecule has 0 spiro atoms. The summed E-state index contributed by atoms with van der Waals surface area (Å²) in [6.07, 6.45) is 0. The van der Waals surface area contributed by atoms with Gasteiger partial charge in [0.05, 0.1) is 17.6 Å². The van der Waals surface area contributed by atoms with Crippen LogP contribution in [0.1, 0.15) is 32.0 Å². The Hall–Kier alpha value is -2.01. The molecule has 2 heterocycles. The molecular weight excluding hydrogens is 286 g/mol. The van der Waals surface area contributed by atoms with Gasteiger partial charge in [-0.05, 0) is 17.7 Å². The quantitative estimate of drug-likeness (QED) is 0.762. The molecule has 0 radical (unpaired) electrons. The molecule has 0 unspecified atom stereocenters. The van der Waals surface area contributed by atoms with E-state index in [1.165, 1.54) is 0 Å². The van der Waals surface area contributed by atoms with E-state index in [0.29, 0.717) is 12.4 Å². The molecule has 0 atom stereocenters. The minimum Gasteiger partial charge on any atom is -0.383 e. The molecule has 0 bridgehead atoms. The predicted molar refractivity (Wildman–Crippen MR) is 85.5 cm³/mol. The van der Waals surface area contributed by atoms with Gasteiger partial charge < -0.3 is 5.73 Å². The highest BCUT2D eigenvalue weighted by Crippen LogP contribution is 2.31. The van der Waals surface area contributed by atoms with Crippen LogP contribution in [0.3, 0.4) is 0 Å². The van der Waals surface area contributed by atoms with Gasteiger partial charge >= 0.3 is 0 Å². The number of nitrogens with two attached hydrogens (primary N) is 1. The molecule has 21 heavy (non-hydrogen) atoms. The van der Waals surface area contributed by atoms with Crippen molar-refractivity contribution in [1.82, 2.24) is 20.0 Å². The van der Waals surface area contributed by atoms with E-state index in [1.54, 1.807) is 0 Å². The average Bonchev–Trinajstić information content (AvgIpc) is 2.94. The third-order valence-electron chi connectivity index (χ3n) is 3.43. The first kappa shape index (κ1) is 13.9. The number of hydrogen-bond donors (Lipinski definition) is 2. The Morgan fingerprint density at radius 1 is 1.24 bits per heavy atom.